The molecule has 0 unspecified atom stereocenters. The van der Waals surface area contributed by atoms with E-state index in [-0.39, 0.29) is 29.4 Å². The highest BCUT2D eigenvalue weighted by Crippen LogP contribution is 2.25. The highest BCUT2D eigenvalue weighted by atomic mass is 35.5. The zero-order valence-electron chi connectivity index (χ0n) is 9.41. The Kier molecular flexibility index (Phi) is 4.98. The third kappa shape index (κ3) is 2.93. The van der Waals surface area contributed by atoms with E-state index in [4.69, 9.17) is 16.9 Å². The molecule has 0 amide bonds. The van der Waals surface area contributed by atoms with E-state index in [0.717, 1.165) is 6.07 Å². The number of halogens is 3. The number of hydrogen-bond donors (Lipinski definition) is 0. The summed E-state index contributed by atoms with van der Waals surface area (Å²) in [5.41, 5.74) is -1.12. The van der Waals surface area contributed by atoms with Crippen LogP contribution >= 0.6 is 11.6 Å². The van der Waals surface area contributed by atoms with Crippen LogP contribution in [0, 0.1) is 11.3 Å². The molecule has 0 fully saturated rings. The van der Waals surface area contributed by atoms with Crippen molar-refractivity contribution in [3.8, 4) is 6.07 Å². The first-order valence-corrected chi connectivity index (χ1v) is 5.53. The van der Waals surface area contributed by atoms with Gasteiger partial charge in [0, 0.05) is 5.56 Å². The van der Waals surface area contributed by atoms with E-state index in [0.29, 0.717) is 0 Å². The minimum atomic E-state index is -2.83. The fourth-order valence-electron chi connectivity index (χ4n) is 1.31. The number of rotatable bonds is 4. The van der Waals surface area contributed by atoms with Gasteiger partial charge in [-0.25, -0.2) is 18.6 Å². The molecule has 18 heavy (non-hydrogen) atoms. The largest absolute Gasteiger partial charge is 0.462 e. The second-order valence-electron chi connectivity index (χ2n) is 3.19. The molecule has 7 heteroatoms. The Morgan fingerprint density at radius 1 is 1.67 bits per heavy atom. The molecule has 1 heterocycles. The molecule has 0 aromatic carbocycles. The maximum Gasteiger partial charge on any atom is 0.341 e. The maximum absolute atomic E-state index is 12.7. The van der Waals surface area contributed by atoms with Crippen molar-refractivity contribution in [2.75, 3.05) is 6.61 Å². The van der Waals surface area contributed by atoms with Crippen molar-refractivity contribution < 1.29 is 18.3 Å². The average Bonchev–Trinajstić information content (AvgIpc) is 2.37. The van der Waals surface area contributed by atoms with Crippen molar-refractivity contribution in [2.45, 2.75) is 19.2 Å². The summed E-state index contributed by atoms with van der Waals surface area (Å²) in [7, 11) is 0. The van der Waals surface area contributed by atoms with Crippen LogP contribution in [0.15, 0.2) is 6.07 Å². The van der Waals surface area contributed by atoms with Gasteiger partial charge in [0.25, 0.3) is 6.43 Å². The van der Waals surface area contributed by atoms with Crippen LogP contribution in [-0.2, 0) is 10.6 Å². The lowest BCUT2D eigenvalue weighted by molar-refractivity contribution is 0.0525. The van der Waals surface area contributed by atoms with Crippen molar-refractivity contribution >= 4 is 17.6 Å². The van der Waals surface area contributed by atoms with E-state index >= 15 is 0 Å². The molecule has 1 aromatic rings. The molecule has 0 atom stereocenters. The average molecular weight is 275 g/mol. The molecule has 0 aliphatic heterocycles. The van der Waals surface area contributed by atoms with Crippen LogP contribution < -0.4 is 0 Å². The van der Waals surface area contributed by atoms with Crippen molar-refractivity contribution in [3.05, 3.63) is 28.6 Å². The van der Waals surface area contributed by atoms with Crippen LogP contribution in [0.3, 0.4) is 0 Å². The molecular weight excluding hydrogens is 266 g/mol. The molecular formula is C11H9ClF2N2O2. The lowest BCUT2D eigenvalue weighted by Crippen LogP contribution is -2.11. The molecule has 0 aliphatic carbocycles. The quantitative estimate of drug-likeness (QED) is 0.625. The van der Waals surface area contributed by atoms with Crippen LogP contribution in [0.4, 0.5) is 8.78 Å². The summed E-state index contributed by atoms with van der Waals surface area (Å²) in [5, 5.41) is 8.83. The number of pyridine rings is 1. The van der Waals surface area contributed by atoms with Crippen LogP contribution in [-0.4, -0.2) is 17.6 Å². The standard InChI is InChI=1S/C11H9ClF2N2O2/c1-2-18-11(17)7-3-6(10(13)14)8(4-12)16-9(7)5-15/h3,10H,2,4H2,1H3. The van der Waals surface area contributed by atoms with Gasteiger partial charge in [0.1, 0.15) is 6.07 Å². The lowest BCUT2D eigenvalue weighted by atomic mass is 10.1. The zero-order valence-corrected chi connectivity index (χ0v) is 10.2. The predicted octanol–water partition coefficient (Wildman–Crippen LogP) is 2.81. The highest BCUT2D eigenvalue weighted by Gasteiger charge is 2.22. The third-order valence-corrected chi connectivity index (χ3v) is 2.35. The van der Waals surface area contributed by atoms with Crippen LogP contribution in [0.1, 0.15) is 40.7 Å². The molecule has 0 bridgehead atoms. The Morgan fingerprint density at radius 2 is 2.33 bits per heavy atom. The second-order valence-corrected chi connectivity index (χ2v) is 3.45. The van der Waals surface area contributed by atoms with Gasteiger partial charge in [0.05, 0.1) is 23.7 Å². The third-order valence-electron chi connectivity index (χ3n) is 2.10. The van der Waals surface area contributed by atoms with Crippen molar-refractivity contribution in [3.63, 3.8) is 0 Å². The Labute approximate surface area is 107 Å². The maximum atomic E-state index is 12.7. The van der Waals surface area contributed by atoms with E-state index in [1.165, 1.54) is 0 Å². The Balaban J connectivity index is 3.37. The monoisotopic (exact) mass is 274 g/mol. The number of carbonyl (C=O) groups is 1. The van der Waals surface area contributed by atoms with Gasteiger partial charge in [-0.3, -0.25) is 0 Å². The predicted molar refractivity (Wildman–Crippen MR) is 59.4 cm³/mol. The van der Waals surface area contributed by atoms with Gasteiger partial charge in [-0.05, 0) is 13.0 Å². The molecule has 0 radical (unpaired) electrons. The Morgan fingerprint density at radius 3 is 2.78 bits per heavy atom. The number of hydrogen-bond acceptors (Lipinski definition) is 4. The van der Waals surface area contributed by atoms with Crippen molar-refractivity contribution in [1.82, 2.24) is 4.98 Å². The number of alkyl halides is 3. The van der Waals surface area contributed by atoms with Crippen LogP contribution in [0.25, 0.3) is 0 Å². The number of ether oxygens (including phenoxy) is 1. The van der Waals surface area contributed by atoms with Crippen LogP contribution in [0.2, 0.25) is 0 Å². The van der Waals surface area contributed by atoms with Gasteiger partial charge < -0.3 is 4.74 Å². The summed E-state index contributed by atoms with van der Waals surface area (Å²) in [4.78, 5) is 15.2. The lowest BCUT2D eigenvalue weighted by Gasteiger charge is -2.09. The normalized spacial score (nSPS) is 10.2. The summed E-state index contributed by atoms with van der Waals surface area (Å²) in [6.45, 7) is 1.64. The van der Waals surface area contributed by atoms with Gasteiger partial charge in [0.15, 0.2) is 5.69 Å². The first-order valence-electron chi connectivity index (χ1n) is 5.00. The molecule has 0 saturated heterocycles. The number of aromatic nitrogens is 1. The summed E-state index contributed by atoms with van der Waals surface area (Å²) < 4.78 is 30.2. The SMILES string of the molecule is CCOC(=O)c1cc(C(F)F)c(CCl)nc1C#N. The molecule has 0 N–H and O–H groups in total. The number of nitriles is 1. The topological polar surface area (TPSA) is 63.0 Å². The summed E-state index contributed by atoms with van der Waals surface area (Å²) >= 11 is 5.48. The highest BCUT2D eigenvalue weighted by molar-refractivity contribution is 6.17. The Bertz CT molecular complexity index is 501. The molecule has 0 spiro atoms. The molecule has 4 nitrogen and oxygen atoms in total. The summed E-state index contributed by atoms with van der Waals surface area (Å²) in [6.07, 6.45) is -2.83. The first-order chi connectivity index (χ1) is 8.54. The van der Waals surface area contributed by atoms with E-state index in [2.05, 4.69) is 9.72 Å². The molecule has 1 rings (SSSR count). The number of nitrogens with zero attached hydrogens (tertiary/aromatic N) is 2. The van der Waals surface area contributed by atoms with Gasteiger partial charge in [-0.2, -0.15) is 5.26 Å². The molecule has 0 aliphatic rings. The fraction of sp³-hybridized carbons (Fsp3) is 0.364. The number of esters is 1. The van der Waals surface area contributed by atoms with Gasteiger partial charge in [0.2, 0.25) is 0 Å². The van der Waals surface area contributed by atoms with Gasteiger partial charge in [-0.1, -0.05) is 0 Å². The molecule has 1 aromatic heterocycles. The van der Waals surface area contributed by atoms with E-state index in [1.807, 2.05) is 0 Å². The smallest absolute Gasteiger partial charge is 0.341 e. The minimum Gasteiger partial charge on any atom is -0.462 e. The Hall–Kier alpha value is -1.74. The fourth-order valence-corrected chi connectivity index (χ4v) is 1.53. The minimum absolute atomic E-state index is 0.0744. The molecule has 96 valence electrons. The van der Waals surface area contributed by atoms with E-state index < -0.39 is 18.0 Å². The second kappa shape index (κ2) is 6.26. The first kappa shape index (κ1) is 14.3. The van der Waals surface area contributed by atoms with Gasteiger partial charge in [-0.15, -0.1) is 11.6 Å². The summed E-state index contributed by atoms with van der Waals surface area (Å²) in [5.74, 6) is -1.12. The number of carbonyl (C=O) groups excluding carboxylic acids is 1. The summed E-state index contributed by atoms with van der Waals surface area (Å²) in [6, 6.07) is 2.57. The van der Waals surface area contributed by atoms with Crippen molar-refractivity contribution in [2.24, 2.45) is 0 Å². The van der Waals surface area contributed by atoms with Gasteiger partial charge >= 0.3 is 5.97 Å². The zero-order chi connectivity index (χ0) is 13.7. The van der Waals surface area contributed by atoms with Crippen molar-refractivity contribution in [1.29, 1.82) is 5.26 Å². The van der Waals surface area contributed by atoms with E-state index in [9.17, 15) is 13.6 Å². The molecule has 0 saturated carbocycles. The van der Waals surface area contributed by atoms with Crippen LogP contribution in [0.5, 0.6) is 0 Å². The van der Waals surface area contributed by atoms with E-state index in [1.54, 1.807) is 13.0 Å².